The van der Waals surface area contributed by atoms with E-state index >= 15 is 0 Å². The summed E-state index contributed by atoms with van der Waals surface area (Å²) in [4.78, 5) is 3.97. The zero-order valence-corrected chi connectivity index (χ0v) is 17.7. The van der Waals surface area contributed by atoms with Gasteiger partial charge in [-0.2, -0.15) is 13.2 Å². The monoisotopic (exact) mass is 457 g/mol. The maximum Gasteiger partial charge on any atom is 0.406 e. The smallest absolute Gasteiger partial charge is 0.293 e. The van der Waals surface area contributed by atoms with Crippen LogP contribution in [-0.4, -0.2) is 52.7 Å². The minimum atomic E-state index is -4.46. The van der Waals surface area contributed by atoms with E-state index in [1.165, 1.54) is 38.6 Å². The van der Waals surface area contributed by atoms with Crippen LogP contribution in [0.15, 0.2) is 58.8 Å². The van der Waals surface area contributed by atoms with E-state index in [0.717, 1.165) is 20.6 Å². The Morgan fingerprint density at radius 3 is 2.43 bits per heavy atom. The van der Waals surface area contributed by atoms with Gasteiger partial charge in [0.2, 0.25) is 10.0 Å². The van der Waals surface area contributed by atoms with Gasteiger partial charge in [-0.1, -0.05) is 23.9 Å². The van der Waals surface area contributed by atoms with E-state index in [2.05, 4.69) is 15.2 Å². The van der Waals surface area contributed by atoms with E-state index < -0.39 is 22.7 Å². The molecule has 3 rings (SSSR count). The van der Waals surface area contributed by atoms with Crippen molar-refractivity contribution in [3.8, 4) is 11.4 Å². The number of thioether (sulfide) groups is 1. The Labute approximate surface area is 176 Å². The summed E-state index contributed by atoms with van der Waals surface area (Å²) < 4.78 is 66.1. The van der Waals surface area contributed by atoms with E-state index in [-0.39, 0.29) is 21.6 Å². The molecule has 30 heavy (non-hydrogen) atoms. The second kappa shape index (κ2) is 8.74. The van der Waals surface area contributed by atoms with E-state index in [4.69, 9.17) is 0 Å². The molecule has 1 aromatic carbocycles. The van der Waals surface area contributed by atoms with Gasteiger partial charge in [0.25, 0.3) is 0 Å². The van der Waals surface area contributed by atoms with Gasteiger partial charge in [-0.3, -0.25) is 9.55 Å². The Bertz CT molecular complexity index is 1120. The van der Waals surface area contributed by atoms with Crippen LogP contribution in [0.3, 0.4) is 0 Å². The van der Waals surface area contributed by atoms with Crippen LogP contribution in [0.4, 0.5) is 13.2 Å². The molecule has 7 nitrogen and oxygen atoms in total. The summed E-state index contributed by atoms with van der Waals surface area (Å²) in [6.07, 6.45) is -1.53. The third-order valence-corrected chi connectivity index (χ3v) is 6.89. The third-order valence-electron chi connectivity index (χ3n) is 4.04. The highest BCUT2D eigenvalue weighted by atomic mass is 32.2. The highest BCUT2D eigenvalue weighted by Crippen LogP contribution is 2.30. The first-order chi connectivity index (χ1) is 14.1. The molecule has 0 atom stereocenters. The van der Waals surface area contributed by atoms with Crippen molar-refractivity contribution >= 4 is 21.8 Å². The quantitative estimate of drug-likeness (QED) is 0.506. The van der Waals surface area contributed by atoms with Crippen LogP contribution in [0.2, 0.25) is 0 Å². The van der Waals surface area contributed by atoms with E-state index in [0.29, 0.717) is 11.1 Å². The fourth-order valence-electron chi connectivity index (χ4n) is 2.59. The molecule has 0 amide bonds. The molecule has 0 saturated carbocycles. The number of aromatic nitrogens is 4. The summed E-state index contributed by atoms with van der Waals surface area (Å²) in [5, 5.41) is 7.93. The molecule has 0 N–H and O–H groups in total. The molecule has 0 aliphatic rings. The van der Waals surface area contributed by atoms with Crippen molar-refractivity contribution in [1.29, 1.82) is 0 Å². The van der Waals surface area contributed by atoms with Crippen molar-refractivity contribution in [2.75, 3.05) is 14.1 Å². The van der Waals surface area contributed by atoms with Crippen LogP contribution in [0.25, 0.3) is 11.4 Å². The molecule has 0 bridgehead atoms. The van der Waals surface area contributed by atoms with Gasteiger partial charge in [0.05, 0.1) is 4.90 Å². The number of alkyl halides is 3. The van der Waals surface area contributed by atoms with Crippen molar-refractivity contribution in [3.63, 3.8) is 0 Å². The maximum absolute atomic E-state index is 13.1. The molecule has 0 aliphatic heterocycles. The topological polar surface area (TPSA) is 81.0 Å². The zero-order chi connectivity index (χ0) is 21.9. The molecule has 0 spiro atoms. The first-order valence-corrected chi connectivity index (χ1v) is 11.0. The molecule has 0 aliphatic carbocycles. The van der Waals surface area contributed by atoms with Gasteiger partial charge in [0.15, 0.2) is 11.0 Å². The SMILES string of the molecule is CN(C)S(=O)(=O)c1cccc(CSc2nnc(-c3ccncc3)n2CC(F)(F)F)c1. The Morgan fingerprint density at radius 2 is 1.80 bits per heavy atom. The van der Waals surface area contributed by atoms with Gasteiger partial charge in [0, 0.05) is 37.8 Å². The Hall–Kier alpha value is -2.44. The van der Waals surface area contributed by atoms with Crippen molar-refractivity contribution in [2.45, 2.75) is 28.5 Å². The largest absolute Gasteiger partial charge is 0.406 e. The van der Waals surface area contributed by atoms with Crippen LogP contribution in [0, 0.1) is 0 Å². The number of hydrogen-bond acceptors (Lipinski definition) is 6. The molecule has 2 aromatic heterocycles. The molecule has 12 heteroatoms. The summed E-state index contributed by atoms with van der Waals surface area (Å²) in [6, 6.07) is 9.38. The minimum absolute atomic E-state index is 0.0833. The molecule has 0 radical (unpaired) electrons. The Kier molecular flexibility index (Phi) is 6.48. The van der Waals surface area contributed by atoms with Crippen molar-refractivity contribution in [1.82, 2.24) is 24.1 Å². The summed E-state index contributed by atoms with van der Waals surface area (Å²) >= 11 is 1.05. The average molecular weight is 458 g/mol. The van der Waals surface area contributed by atoms with Gasteiger partial charge in [-0.25, -0.2) is 12.7 Å². The van der Waals surface area contributed by atoms with Gasteiger partial charge >= 0.3 is 6.18 Å². The average Bonchev–Trinajstić information content (AvgIpc) is 3.08. The summed E-state index contributed by atoms with van der Waals surface area (Å²) in [6.45, 7) is -1.24. The number of nitrogens with zero attached hydrogens (tertiary/aromatic N) is 5. The Morgan fingerprint density at radius 1 is 1.10 bits per heavy atom. The number of halogens is 3. The second-order valence-electron chi connectivity index (χ2n) is 6.47. The number of benzene rings is 1. The first-order valence-electron chi connectivity index (χ1n) is 8.62. The Balaban J connectivity index is 1.88. The van der Waals surface area contributed by atoms with Crippen LogP contribution < -0.4 is 0 Å². The van der Waals surface area contributed by atoms with Crippen LogP contribution in [-0.2, 0) is 22.3 Å². The van der Waals surface area contributed by atoms with Crippen molar-refractivity contribution in [3.05, 3.63) is 54.4 Å². The predicted octanol–water partition coefficient (Wildman–Crippen LogP) is 3.45. The summed E-state index contributed by atoms with van der Waals surface area (Å²) in [5.74, 6) is 0.310. The predicted molar refractivity (Wildman–Crippen MR) is 106 cm³/mol. The van der Waals surface area contributed by atoms with Gasteiger partial charge < -0.3 is 0 Å². The summed E-state index contributed by atoms with van der Waals surface area (Å²) in [7, 11) is -0.755. The number of sulfonamides is 1. The highest BCUT2D eigenvalue weighted by Gasteiger charge is 2.31. The van der Waals surface area contributed by atoms with Gasteiger partial charge in [-0.15, -0.1) is 10.2 Å². The molecule has 0 fully saturated rings. The van der Waals surface area contributed by atoms with E-state index in [1.54, 1.807) is 24.3 Å². The minimum Gasteiger partial charge on any atom is -0.293 e. The molecule has 160 valence electrons. The lowest BCUT2D eigenvalue weighted by molar-refractivity contribution is -0.141. The number of pyridine rings is 1. The van der Waals surface area contributed by atoms with Crippen molar-refractivity contribution in [2.24, 2.45) is 0 Å². The lowest BCUT2D eigenvalue weighted by Gasteiger charge is -2.13. The van der Waals surface area contributed by atoms with Crippen LogP contribution in [0.5, 0.6) is 0 Å². The van der Waals surface area contributed by atoms with Crippen LogP contribution in [0.1, 0.15) is 5.56 Å². The summed E-state index contributed by atoms with van der Waals surface area (Å²) in [5.41, 5.74) is 1.10. The maximum atomic E-state index is 13.1. The van der Waals surface area contributed by atoms with Gasteiger partial charge in [-0.05, 0) is 29.8 Å². The normalized spacial score (nSPS) is 12.5. The first kappa shape index (κ1) is 22.2. The highest BCUT2D eigenvalue weighted by molar-refractivity contribution is 7.98. The molecule has 0 saturated heterocycles. The molecular formula is C18H18F3N5O2S2. The van der Waals surface area contributed by atoms with Crippen LogP contribution >= 0.6 is 11.8 Å². The lowest BCUT2D eigenvalue weighted by Crippen LogP contribution is -2.22. The third kappa shape index (κ3) is 5.18. The van der Waals surface area contributed by atoms with E-state index in [1.807, 2.05) is 0 Å². The second-order valence-corrected chi connectivity index (χ2v) is 9.56. The standard InChI is InChI=1S/C18H18F3N5O2S2/c1-25(2)30(27,28)15-5-3-4-13(10-15)11-29-17-24-23-16(14-6-8-22-9-7-14)26(17)12-18(19,20)21/h3-10H,11-12H2,1-2H3. The molecule has 2 heterocycles. The molecular weight excluding hydrogens is 439 g/mol. The van der Waals surface area contributed by atoms with Gasteiger partial charge in [0.1, 0.15) is 6.54 Å². The molecule has 0 unspecified atom stereocenters. The number of hydrogen-bond donors (Lipinski definition) is 0. The number of rotatable bonds is 7. The fraction of sp³-hybridized carbons (Fsp3) is 0.278. The lowest BCUT2D eigenvalue weighted by atomic mass is 10.2. The van der Waals surface area contributed by atoms with Crippen molar-refractivity contribution < 1.29 is 21.6 Å². The van der Waals surface area contributed by atoms with E-state index in [9.17, 15) is 21.6 Å². The molecule has 3 aromatic rings. The fourth-order valence-corrected chi connectivity index (χ4v) is 4.44. The zero-order valence-electron chi connectivity index (χ0n) is 16.0.